The summed E-state index contributed by atoms with van der Waals surface area (Å²) in [6, 6.07) is -4.94. The largest absolute Gasteiger partial charge is 0.481 e. The van der Waals surface area contributed by atoms with E-state index in [2.05, 4.69) is 10.6 Å². The Hall–Kier alpha value is -3.22. The zero-order valence-electron chi connectivity index (χ0n) is 15.8. The van der Waals surface area contributed by atoms with Crippen LogP contribution in [0.5, 0.6) is 0 Å². The normalized spacial score (nSPS) is 19.0. The number of carbonyl (C=O) groups is 6. The average molecular weight is 415 g/mol. The van der Waals surface area contributed by atoms with E-state index in [-0.39, 0.29) is 13.0 Å². The Morgan fingerprint density at radius 2 is 1.72 bits per heavy atom. The second-order valence-corrected chi connectivity index (χ2v) is 6.69. The Bertz CT molecular complexity index is 697. The number of hydrogen-bond donors (Lipinski definition) is 6. The Kier molecular flexibility index (Phi) is 8.51. The lowest BCUT2D eigenvalue weighted by Crippen LogP contribution is -2.56. The number of carbonyl (C=O) groups excluding carboxylic acids is 4. The molecule has 0 spiro atoms. The van der Waals surface area contributed by atoms with Crippen LogP contribution in [0.25, 0.3) is 0 Å². The van der Waals surface area contributed by atoms with Crippen LogP contribution in [0, 0.1) is 0 Å². The van der Waals surface area contributed by atoms with Crippen LogP contribution < -0.4 is 22.1 Å². The van der Waals surface area contributed by atoms with Crippen molar-refractivity contribution < 1.29 is 39.0 Å². The summed E-state index contributed by atoms with van der Waals surface area (Å²) in [7, 11) is 0. The highest BCUT2D eigenvalue weighted by Gasteiger charge is 2.38. The quantitative estimate of drug-likeness (QED) is 0.210. The SMILES string of the molecule is CC(NC(=O)C(N)CC(=O)O)C(=O)N1CCCC1C(=O)NC(CC(N)=O)C(=O)O. The van der Waals surface area contributed by atoms with Crippen LogP contribution in [0.3, 0.4) is 0 Å². The van der Waals surface area contributed by atoms with E-state index >= 15 is 0 Å². The topological polar surface area (TPSA) is 222 Å². The van der Waals surface area contributed by atoms with Gasteiger partial charge in [0.2, 0.25) is 23.6 Å². The fourth-order valence-corrected chi connectivity index (χ4v) is 2.88. The Morgan fingerprint density at radius 1 is 1.10 bits per heavy atom. The number of carboxylic acids is 2. The van der Waals surface area contributed by atoms with Crippen LogP contribution in [-0.2, 0) is 28.8 Å². The van der Waals surface area contributed by atoms with Crippen molar-refractivity contribution in [3.8, 4) is 0 Å². The minimum atomic E-state index is -1.52. The zero-order chi connectivity index (χ0) is 22.3. The van der Waals surface area contributed by atoms with Gasteiger partial charge in [0.1, 0.15) is 18.1 Å². The van der Waals surface area contributed by atoms with Crippen LogP contribution in [0.4, 0.5) is 0 Å². The lowest BCUT2D eigenvalue weighted by Gasteiger charge is -2.28. The van der Waals surface area contributed by atoms with Gasteiger partial charge in [-0.2, -0.15) is 0 Å². The lowest BCUT2D eigenvalue weighted by atomic mass is 10.1. The molecule has 1 heterocycles. The van der Waals surface area contributed by atoms with E-state index in [9.17, 15) is 28.8 Å². The predicted molar refractivity (Wildman–Crippen MR) is 95.9 cm³/mol. The molecule has 1 rings (SSSR count). The molecule has 1 aliphatic heterocycles. The second kappa shape index (κ2) is 10.4. The fourth-order valence-electron chi connectivity index (χ4n) is 2.88. The molecular formula is C16H25N5O8. The first-order chi connectivity index (χ1) is 13.4. The van der Waals surface area contributed by atoms with Crippen LogP contribution in [0.2, 0.25) is 0 Å². The molecule has 4 unspecified atom stereocenters. The number of amides is 4. The highest BCUT2D eigenvalue weighted by Crippen LogP contribution is 2.19. The molecule has 0 bridgehead atoms. The highest BCUT2D eigenvalue weighted by molar-refractivity contribution is 5.95. The highest BCUT2D eigenvalue weighted by atomic mass is 16.4. The summed E-state index contributed by atoms with van der Waals surface area (Å²) in [5.74, 6) is -5.83. The maximum Gasteiger partial charge on any atom is 0.326 e. The van der Waals surface area contributed by atoms with Crippen molar-refractivity contribution in [2.45, 2.75) is 56.8 Å². The van der Waals surface area contributed by atoms with Gasteiger partial charge in [-0.3, -0.25) is 24.0 Å². The van der Waals surface area contributed by atoms with Crippen molar-refractivity contribution in [3.63, 3.8) is 0 Å². The Balaban J connectivity index is 2.76. The summed E-state index contributed by atoms with van der Waals surface area (Å²) in [6.07, 6.45) is -0.482. The molecule has 29 heavy (non-hydrogen) atoms. The third-order valence-electron chi connectivity index (χ3n) is 4.32. The van der Waals surface area contributed by atoms with E-state index in [1.165, 1.54) is 11.8 Å². The molecule has 4 atom stereocenters. The molecule has 4 amide bonds. The summed E-state index contributed by atoms with van der Waals surface area (Å²) in [6.45, 7) is 1.56. The summed E-state index contributed by atoms with van der Waals surface area (Å²) < 4.78 is 0. The molecule has 8 N–H and O–H groups in total. The van der Waals surface area contributed by atoms with Crippen LogP contribution in [0.1, 0.15) is 32.6 Å². The minimum Gasteiger partial charge on any atom is -0.481 e. The van der Waals surface area contributed by atoms with Gasteiger partial charge in [0.25, 0.3) is 0 Å². The van der Waals surface area contributed by atoms with Crippen LogP contribution >= 0.6 is 0 Å². The molecule has 162 valence electrons. The van der Waals surface area contributed by atoms with Crippen molar-refractivity contribution in [3.05, 3.63) is 0 Å². The molecule has 0 radical (unpaired) electrons. The summed E-state index contributed by atoms with van der Waals surface area (Å²) >= 11 is 0. The van der Waals surface area contributed by atoms with E-state index in [1.54, 1.807) is 0 Å². The van der Waals surface area contributed by atoms with Gasteiger partial charge < -0.3 is 37.2 Å². The number of primary amides is 1. The number of nitrogens with zero attached hydrogens (tertiary/aromatic N) is 1. The van der Waals surface area contributed by atoms with Crippen LogP contribution in [-0.4, -0.2) is 81.4 Å². The molecule has 1 aliphatic rings. The van der Waals surface area contributed by atoms with Gasteiger partial charge in [0, 0.05) is 6.54 Å². The van der Waals surface area contributed by atoms with Crippen molar-refractivity contribution in [2.24, 2.45) is 11.5 Å². The van der Waals surface area contributed by atoms with Gasteiger partial charge in [0.05, 0.1) is 18.9 Å². The third kappa shape index (κ3) is 7.03. The second-order valence-electron chi connectivity index (χ2n) is 6.69. The maximum atomic E-state index is 12.6. The van der Waals surface area contributed by atoms with Gasteiger partial charge in [0.15, 0.2) is 0 Å². The summed E-state index contributed by atoms with van der Waals surface area (Å²) in [5, 5.41) is 22.2. The number of likely N-dealkylation sites (tertiary alicyclic amines) is 1. The van der Waals surface area contributed by atoms with Gasteiger partial charge in [-0.1, -0.05) is 0 Å². The van der Waals surface area contributed by atoms with E-state index in [0.717, 1.165) is 0 Å². The molecule has 13 nitrogen and oxygen atoms in total. The predicted octanol–water partition coefficient (Wildman–Crippen LogP) is -3.27. The molecule has 0 aromatic carbocycles. The molecule has 13 heteroatoms. The average Bonchev–Trinajstić information content (AvgIpc) is 3.08. The van der Waals surface area contributed by atoms with E-state index < -0.39 is 72.6 Å². The smallest absolute Gasteiger partial charge is 0.326 e. The van der Waals surface area contributed by atoms with Gasteiger partial charge in [-0.15, -0.1) is 0 Å². The van der Waals surface area contributed by atoms with Crippen molar-refractivity contribution in [2.75, 3.05) is 6.54 Å². The van der Waals surface area contributed by atoms with Gasteiger partial charge in [-0.05, 0) is 19.8 Å². The Labute approximate surface area is 165 Å². The number of nitrogens with two attached hydrogens (primary N) is 2. The molecular weight excluding hydrogens is 390 g/mol. The van der Waals surface area contributed by atoms with Crippen LogP contribution in [0.15, 0.2) is 0 Å². The number of carboxylic acid groups (broad SMARTS) is 2. The van der Waals surface area contributed by atoms with E-state index in [0.29, 0.717) is 6.42 Å². The first kappa shape index (κ1) is 23.8. The van der Waals surface area contributed by atoms with Crippen molar-refractivity contribution in [1.82, 2.24) is 15.5 Å². The van der Waals surface area contributed by atoms with Gasteiger partial charge in [-0.25, -0.2) is 4.79 Å². The lowest BCUT2D eigenvalue weighted by molar-refractivity contribution is -0.145. The van der Waals surface area contributed by atoms with Crippen molar-refractivity contribution in [1.29, 1.82) is 0 Å². The minimum absolute atomic E-state index is 0.200. The molecule has 1 saturated heterocycles. The Morgan fingerprint density at radius 3 is 2.24 bits per heavy atom. The third-order valence-corrected chi connectivity index (χ3v) is 4.32. The van der Waals surface area contributed by atoms with Gasteiger partial charge >= 0.3 is 11.9 Å². The monoisotopic (exact) mass is 415 g/mol. The summed E-state index contributed by atoms with van der Waals surface area (Å²) in [5.41, 5.74) is 10.4. The standard InChI is InChI=1S/C16H25N5O8/c1-7(19-13(25)8(17)5-12(23)24)15(27)21-4-2-3-10(21)14(26)20-9(16(28)29)6-11(18)22/h7-10H,2-6,17H2,1H3,(H2,18,22)(H,19,25)(H,20,26)(H,23,24)(H,28,29). The first-order valence-corrected chi connectivity index (χ1v) is 8.83. The number of aliphatic carboxylic acids is 2. The number of hydrogen-bond acceptors (Lipinski definition) is 7. The maximum absolute atomic E-state index is 12.6. The molecule has 0 saturated carbocycles. The zero-order valence-corrected chi connectivity index (χ0v) is 15.8. The van der Waals surface area contributed by atoms with E-state index in [4.69, 9.17) is 21.7 Å². The van der Waals surface area contributed by atoms with E-state index in [1.807, 2.05) is 0 Å². The molecule has 0 aromatic heterocycles. The molecule has 1 fully saturated rings. The number of nitrogens with one attached hydrogen (secondary N) is 2. The molecule has 0 aromatic rings. The first-order valence-electron chi connectivity index (χ1n) is 8.83. The number of rotatable bonds is 10. The molecule has 0 aliphatic carbocycles. The fraction of sp³-hybridized carbons (Fsp3) is 0.625. The van der Waals surface area contributed by atoms with Crippen molar-refractivity contribution >= 4 is 35.6 Å². The summed E-state index contributed by atoms with van der Waals surface area (Å²) in [4.78, 5) is 70.9.